The number of hydrazine groups is 1. The molecule has 0 aromatic heterocycles. The predicted molar refractivity (Wildman–Crippen MR) is 94.2 cm³/mol. The fourth-order valence-electron chi connectivity index (χ4n) is 1.93. The van der Waals surface area contributed by atoms with Crippen molar-refractivity contribution in [3.63, 3.8) is 0 Å². The molecule has 1 aromatic rings. The zero-order valence-corrected chi connectivity index (χ0v) is 14.5. The summed E-state index contributed by atoms with van der Waals surface area (Å²) in [6.07, 6.45) is 1.03. The summed E-state index contributed by atoms with van der Waals surface area (Å²) in [6, 6.07) is 7.02. The molecule has 2 unspecified atom stereocenters. The van der Waals surface area contributed by atoms with E-state index in [0.29, 0.717) is 12.8 Å². The van der Waals surface area contributed by atoms with Crippen LogP contribution in [-0.2, 0) is 20.8 Å². The molecular formula is C16H24N6O4. The number of nitrogens with two attached hydrogens (primary N) is 2. The Labute approximate surface area is 151 Å². The second kappa shape index (κ2) is 10.7. The topological polar surface area (TPSA) is 168 Å². The van der Waals surface area contributed by atoms with Crippen molar-refractivity contribution < 1.29 is 19.2 Å². The summed E-state index contributed by atoms with van der Waals surface area (Å²) in [5.74, 6) is -1.85. The van der Waals surface area contributed by atoms with E-state index in [1.165, 1.54) is 6.92 Å². The Morgan fingerprint density at radius 2 is 1.69 bits per heavy atom. The third kappa shape index (κ3) is 8.11. The Kier molecular flexibility index (Phi) is 8.58. The largest absolute Gasteiger partial charge is 0.368 e. The second-order valence-electron chi connectivity index (χ2n) is 5.62. The number of hydrogen-bond donors (Lipinski definition) is 6. The van der Waals surface area contributed by atoms with Gasteiger partial charge in [-0.2, -0.15) is 0 Å². The zero-order valence-electron chi connectivity index (χ0n) is 14.5. The first-order valence-electron chi connectivity index (χ1n) is 8.01. The maximum absolute atomic E-state index is 11.9. The lowest BCUT2D eigenvalue weighted by atomic mass is 10.1. The van der Waals surface area contributed by atoms with Gasteiger partial charge in [-0.15, -0.1) is 0 Å². The molecule has 2 atom stereocenters. The van der Waals surface area contributed by atoms with Crippen molar-refractivity contribution in [3.8, 4) is 0 Å². The number of urea groups is 1. The van der Waals surface area contributed by atoms with E-state index in [4.69, 9.17) is 11.5 Å². The Balaban J connectivity index is 2.28. The minimum absolute atomic E-state index is 0.334. The van der Waals surface area contributed by atoms with E-state index in [-0.39, 0.29) is 6.54 Å². The highest BCUT2D eigenvalue weighted by Crippen LogP contribution is 2.03. The molecular weight excluding hydrogens is 340 g/mol. The van der Waals surface area contributed by atoms with Gasteiger partial charge >= 0.3 is 6.03 Å². The van der Waals surface area contributed by atoms with Gasteiger partial charge in [0.2, 0.25) is 11.8 Å². The van der Waals surface area contributed by atoms with Gasteiger partial charge in [-0.05, 0) is 25.3 Å². The lowest BCUT2D eigenvalue weighted by Gasteiger charge is -2.16. The maximum atomic E-state index is 11.9. The average Bonchev–Trinajstić information content (AvgIpc) is 2.62. The first-order chi connectivity index (χ1) is 12.3. The normalized spacial score (nSPS) is 12.4. The molecule has 0 radical (unpaired) electrons. The summed E-state index contributed by atoms with van der Waals surface area (Å²) in [4.78, 5) is 45.7. The van der Waals surface area contributed by atoms with Crippen molar-refractivity contribution in [1.82, 2.24) is 21.5 Å². The zero-order chi connectivity index (χ0) is 19.5. The Morgan fingerprint density at radius 1 is 1.04 bits per heavy atom. The van der Waals surface area contributed by atoms with Gasteiger partial charge in [-0.3, -0.25) is 19.8 Å². The van der Waals surface area contributed by atoms with Gasteiger partial charge in [0.15, 0.2) is 0 Å². The number of carbonyl (C=O) groups is 4. The van der Waals surface area contributed by atoms with Crippen LogP contribution in [0.15, 0.2) is 30.3 Å². The Bertz CT molecular complexity index is 637. The van der Waals surface area contributed by atoms with Gasteiger partial charge < -0.3 is 22.1 Å². The smallest absolute Gasteiger partial charge is 0.334 e. The highest BCUT2D eigenvalue weighted by atomic mass is 16.2. The Morgan fingerprint density at radius 3 is 2.31 bits per heavy atom. The van der Waals surface area contributed by atoms with Crippen LogP contribution in [-0.4, -0.2) is 42.4 Å². The third-order valence-electron chi connectivity index (χ3n) is 3.40. The van der Waals surface area contributed by atoms with E-state index in [0.717, 1.165) is 5.56 Å². The van der Waals surface area contributed by atoms with Crippen molar-refractivity contribution in [2.24, 2.45) is 11.5 Å². The van der Waals surface area contributed by atoms with Gasteiger partial charge in [-0.1, -0.05) is 30.3 Å². The van der Waals surface area contributed by atoms with E-state index in [1.54, 1.807) is 0 Å². The first-order valence-corrected chi connectivity index (χ1v) is 8.01. The van der Waals surface area contributed by atoms with Crippen LogP contribution in [0, 0.1) is 0 Å². The number of aryl methyl sites for hydroxylation is 1. The van der Waals surface area contributed by atoms with Crippen LogP contribution in [0.2, 0.25) is 0 Å². The van der Waals surface area contributed by atoms with Gasteiger partial charge in [0.05, 0.1) is 12.6 Å². The minimum atomic E-state index is -0.932. The number of primary amides is 1. The fourth-order valence-corrected chi connectivity index (χ4v) is 1.93. The summed E-state index contributed by atoms with van der Waals surface area (Å²) in [5, 5.41) is 4.53. The van der Waals surface area contributed by atoms with Crippen LogP contribution < -0.4 is 33.0 Å². The monoisotopic (exact) mass is 364 g/mol. The van der Waals surface area contributed by atoms with Crippen LogP contribution >= 0.6 is 0 Å². The van der Waals surface area contributed by atoms with E-state index >= 15 is 0 Å². The van der Waals surface area contributed by atoms with Crippen LogP contribution in [0.4, 0.5) is 4.79 Å². The molecule has 0 spiro atoms. The molecule has 1 aromatic carbocycles. The number of benzene rings is 1. The second-order valence-corrected chi connectivity index (χ2v) is 5.62. The van der Waals surface area contributed by atoms with Crippen molar-refractivity contribution in [2.45, 2.75) is 31.8 Å². The lowest BCUT2D eigenvalue weighted by Crippen LogP contribution is -2.55. The molecule has 26 heavy (non-hydrogen) atoms. The third-order valence-corrected chi connectivity index (χ3v) is 3.40. The van der Waals surface area contributed by atoms with Crippen LogP contribution in [0.3, 0.4) is 0 Å². The summed E-state index contributed by atoms with van der Waals surface area (Å²) >= 11 is 0. The van der Waals surface area contributed by atoms with Gasteiger partial charge in [0.1, 0.15) is 6.04 Å². The fraction of sp³-hybridized carbons (Fsp3) is 0.375. The molecule has 0 saturated carbocycles. The molecule has 8 N–H and O–H groups in total. The molecule has 0 aliphatic carbocycles. The molecule has 0 heterocycles. The van der Waals surface area contributed by atoms with Crippen molar-refractivity contribution in [2.75, 3.05) is 6.54 Å². The van der Waals surface area contributed by atoms with Gasteiger partial charge in [0.25, 0.3) is 5.91 Å². The maximum Gasteiger partial charge on any atom is 0.334 e. The van der Waals surface area contributed by atoms with Crippen LogP contribution in [0.5, 0.6) is 0 Å². The highest BCUT2D eigenvalue weighted by Gasteiger charge is 2.17. The number of hydrogen-bond acceptors (Lipinski definition) is 5. The molecule has 1 rings (SSSR count). The average molecular weight is 364 g/mol. The molecule has 0 fully saturated rings. The van der Waals surface area contributed by atoms with Crippen molar-refractivity contribution >= 4 is 23.8 Å². The predicted octanol–water partition coefficient (Wildman–Crippen LogP) is -1.73. The molecule has 0 bridgehead atoms. The standard InChI is InChI=1S/C16H24N6O4/c1-10(14(24)19-9-13(18)23)20-16(26)22-21-15(25)12(17)8-7-11-5-3-2-4-6-11/h2-6,10,12H,7-9,17H2,1H3,(H2,18,23)(H,19,24)(H,21,25)(H2,20,22,26). The highest BCUT2D eigenvalue weighted by molar-refractivity contribution is 5.90. The SMILES string of the molecule is CC(NC(=O)NNC(=O)C(N)CCc1ccccc1)C(=O)NCC(N)=O. The summed E-state index contributed by atoms with van der Waals surface area (Å²) in [7, 11) is 0. The van der Waals surface area contributed by atoms with E-state index in [2.05, 4.69) is 21.5 Å². The number of nitrogens with one attached hydrogen (secondary N) is 4. The van der Waals surface area contributed by atoms with Gasteiger partial charge in [-0.25, -0.2) is 10.2 Å². The number of rotatable bonds is 8. The molecule has 10 heteroatoms. The summed E-state index contributed by atoms with van der Waals surface area (Å²) < 4.78 is 0. The van der Waals surface area contributed by atoms with E-state index < -0.39 is 35.8 Å². The van der Waals surface area contributed by atoms with Crippen molar-refractivity contribution in [1.29, 1.82) is 0 Å². The first kappa shape index (κ1) is 20.9. The van der Waals surface area contributed by atoms with Gasteiger partial charge in [0, 0.05) is 0 Å². The molecule has 5 amide bonds. The summed E-state index contributed by atoms with van der Waals surface area (Å²) in [5.41, 5.74) is 16.0. The lowest BCUT2D eigenvalue weighted by molar-refractivity contribution is -0.125. The molecule has 0 aliphatic rings. The van der Waals surface area contributed by atoms with E-state index in [1.807, 2.05) is 30.3 Å². The van der Waals surface area contributed by atoms with Crippen LogP contribution in [0.25, 0.3) is 0 Å². The molecule has 0 saturated heterocycles. The number of amides is 5. The number of carbonyl (C=O) groups excluding carboxylic acids is 4. The quantitative estimate of drug-likeness (QED) is 0.301. The van der Waals surface area contributed by atoms with Crippen molar-refractivity contribution in [3.05, 3.63) is 35.9 Å². The Hall–Kier alpha value is -3.14. The van der Waals surface area contributed by atoms with E-state index in [9.17, 15) is 19.2 Å². The molecule has 142 valence electrons. The summed E-state index contributed by atoms with van der Waals surface area (Å²) in [6.45, 7) is 1.07. The van der Waals surface area contributed by atoms with Crippen LogP contribution in [0.1, 0.15) is 18.9 Å². The minimum Gasteiger partial charge on any atom is -0.368 e. The molecule has 0 aliphatic heterocycles. The molecule has 10 nitrogen and oxygen atoms in total.